The van der Waals surface area contributed by atoms with E-state index in [1.165, 1.54) is 12.8 Å². The van der Waals surface area contributed by atoms with Crippen LogP contribution in [0.25, 0.3) is 0 Å². The Morgan fingerprint density at radius 1 is 1.35 bits per heavy atom. The minimum atomic E-state index is 0.102. The van der Waals surface area contributed by atoms with Gasteiger partial charge in [0, 0.05) is 12.0 Å². The lowest BCUT2D eigenvalue weighted by atomic mass is 9.82. The van der Waals surface area contributed by atoms with Gasteiger partial charge in [-0.15, -0.1) is 0 Å². The number of rotatable bonds is 4. The van der Waals surface area contributed by atoms with Crippen LogP contribution in [0.15, 0.2) is 4.52 Å². The lowest BCUT2D eigenvalue weighted by Gasteiger charge is -2.22. The summed E-state index contributed by atoms with van der Waals surface area (Å²) in [5.41, 5.74) is 0.312. The topological polar surface area (TPSA) is 51.0 Å². The summed E-state index contributed by atoms with van der Waals surface area (Å²) in [5.74, 6) is 1.79. The Kier molecular flexibility index (Phi) is 2.51. The van der Waals surface area contributed by atoms with Gasteiger partial charge in [0.25, 0.3) is 0 Å². The molecular formula is C13H21N3O. The molecule has 2 aliphatic rings. The molecule has 1 unspecified atom stereocenters. The van der Waals surface area contributed by atoms with Crippen LogP contribution in [-0.4, -0.2) is 23.2 Å². The predicted molar refractivity (Wildman–Crippen MR) is 65.0 cm³/mol. The molecule has 1 aromatic heterocycles. The quantitative estimate of drug-likeness (QED) is 0.868. The summed E-state index contributed by atoms with van der Waals surface area (Å²) in [5, 5.41) is 7.64. The fraction of sp³-hybridized carbons (Fsp3) is 0.846. The maximum Gasteiger partial charge on any atom is 0.234 e. The molecule has 4 nitrogen and oxygen atoms in total. The summed E-state index contributed by atoms with van der Waals surface area (Å²) in [7, 11) is 0. The minimum absolute atomic E-state index is 0.102. The van der Waals surface area contributed by atoms with E-state index in [0.717, 1.165) is 44.1 Å². The molecule has 1 N–H and O–H groups in total. The van der Waals surface area contributed by atoms with Crippen LogP contribution < -0.4 is 5.32 Å². The van der Waals surface area contributed by atoms with Crippen LogP contribution >= 0.6 is 0 Å². The van der Waals surface area contributed by atoms with Gasteiger partial charge >= 0.3 is 0 Å². The summed E-state index contributed by atoms with van der Waals surface area (Å²) in [4.78, 5) is 4.70. The van der Waals surface area contributed by atoms with Gasteiger partial charge in [0.15, 0.2) is 5.82 Å². The number of aromatic nitrogens is 2. The van der Waals surface area contributed by atoms with Crippen molar-refractivity contribution < 1.29 is 4.52 Å². The zero-order valence-electron chi connectivity index (χ0n) is 10.8. The Labute approximate surface area is 102 Å². The van der Waals surface area contributed by atoms with Crippen LogP contribution in [0.5, 0.6) is 0 Å². The predicted octanol–water partition coefficient (Wildman–Crippen LogP) is 2.15. The van der Waals surface area contributed by atoms with Crippen molar-refractivity contribution in [2.24, 2.45) is 0 Å². The SMILES string of the molecule is CCCC1(c2nc(C3(C)CC3)no2)CCNC1. The van der Waals surface area contributed by atoms with Gasteiger partial charge in [-0.05, 0) is 32.2 Å². The number of hydrogen-bond acceptors (Lipinski definition) is 4. The second-order valence-corrected chi connectivity index (χ2v) is 5.94. The largest absolute Gasteiger partial charge is 0.339 e. The molecule has 4 heteroatoms. The van der Waals surface area contributed by atoms with Crippen molar-refractivity contribution in [3.05, 3.63) is 11.7 Å². The Bertz CT molecular complexity index is 403. The molecule has 1 saturated heterocycles. The summed E-state index contributed by atoms with van der Waals surface area (Å²) in [6.07, 6.45) is 5.82. The number of hydrogen-bond donors (Lipinski definition) is 1. The highest BCUT2D eigenvalue weighted by atomic mass is 16.5. The fourth-order valence-corrected chi connectivity index (χ4v) is 2.82. The first-order chi connectivity index (χ1) is 8.19. The van der Waals surface area contributed by atoms with E-state index in [-0.39, 0.29) is 10.8 Å². The highest BCUT2D eigenvalue weighted by Crippen LogP contribution is 2.47. The first-order valence-corrected chi connectivity index (χ1v) is 6.74. The molecule has 1 saturated carbocycles. The van der Waals surface area contributed by atoms with Crippen LogP contribution in [0.2, 0.25) is 0 Å². The first-order valence-electron chi connectivity index (χ1n) is 6.74. The second kappa shape index (κ2) is 3.80. The van der Waals surface area contributed by atoms with E-state index < -0.39 is 0 Å². The summed E-state index contributed by atoms with van der Waals surface area (Å²) in [6, 6.07) is 0. The molecule has 0 amide bonds. The molecule has 0 radical (unpaired) electrons. The number of nitrogens with zero attached hydrogens (tertiary/aromatic N) is 2. The van der Waals surface area contributed by atoms with Gasteiger partial charge in [-0.1, -0.05) is 25.4 Å². The molecule has 2 heterocycles. The highest BCUT2D eigenvalue weighted by molar-refractivity contribution is 5.18. The van der Waals surface area contributed by atoms with E-state index in [4.69, 9.17) is 9.51 Å². The van der Waals surface area contributed by atoms with Gasteiger partial charge in [0.05, 0.1) is 5.41 Å². The van der Waals surface area contributed by atoms with Crippen molar-refractivity contribution in [2.45, 2.75) is 56.8 Å². The van der Waals surface area contributed by atoms with Crippen molar-refractivity contribution in [2.75, 3.05) is 13.1 Å². The zero-order chi connectivity index (χ0) is 11.9. The van der Waals surface area contributed by atoms with Gasteiger partial charge in [-0.3, -0.25) is 0 Å². The Hall–Kier alpha value is -0.900. The van der Waals surface area contributed by atoms with Gasteiger partial charge < -0.3 is 9.84 Å². The zero-order valence-corrected chi connectivity index (χ0v) is 10.8. The minimum Gasteiger partial charge on any atom is -0.339 e. The normalized spacial score (nSPS) is 30.7. The second-order valence-electron chi connectivity index (χ2n) is 5.94. The van der Waals surface area contributed by atoms with Gasteiger partial charge in [-0.2, -0.15) is 4.98 Å². The summed E-state index contributed by atoms with van der Waals surface area (Å²) < 4.78 is 5.57. The molecule has 0 spiro atoms. The molecule has 1 aliphatic carbocycles. The number of nitrogens with one attached hydrogen (secondary N) is 1. The van der Waals surface area contributed by atoms with Crippen LogP contribution in [0.1, 0.15) is 57.7 Å². The third kappa shape index (κ3) is 1.79. The van der Waals surface area contributed by atoms with Gasteiger partial charge in [0.1, 0.15) is 0 Å². The third-order valence-corrected chi connectivity index (χ3v) is 4.39. The van der Waals surface area contributed by atoms with Crippen LogP contribution in [0.4, 0.5) is 0 Å². The Balaban J connectivity index is 1.88. The molecular weight excluding hydrogens is 214 g/mol. The van der Waals surface area contributed by atoms with E-state index in [1.54, 1.807) is 0 Å². The van der Waals surface area contributed by atoms with Crippen LogP contribution in [0, 0.1) is 0 Å². The molecule has 2 fully saturated rings. The molecule has 0 aromatic carbocycles. The van der Waals surface area contributed by atoms with Crippen LogP contribution in [-0.2, 0) is 10.8 Å². The first kappa shape index (κ1) is 11.2. The highest BCUT2D eigenvalue weighted by Gasteiger charge is 2.46. The van der Waals surface area contributed by atoms with Gasteiger partial charge in [-0.25, -0.2) is 0 Å². The van der Waals surface area contributed by atoms with E-state index in [9.17, 15) is 0 Å². The third-order valence-electron chi connectivity index (χ3n) is 4.39. The smallest absolute Gasteiger partial charge is 0.234 e. The maximum absolute atomic E-state index is 5.57. The molecule has 0 bridgehead atoms. The molecule has 94 valence electrons. The fourth-order valence-electron chi connectivity index (χ4n) is 2.82. The monoisotopic (exact) mass is 235 g/mol. The van der Waals surface area contributed by atoms with E-state index in [1.807, 2.05) is 0 Å². The van der Waals surface area contributed by atoms with Crippen molar-refractivity contribution in [1.29, 1.82) is 0 Å². The van der Waals surface area contributed by atoms with E-state index in [2.05, 4.69) is 24.3 Å². The molecule has 17 heavy (non-hydrogen) atoms. The van der Waals surface area contributed by atoms with Crippen molar-refractivity contribution in [3.63, 3.8) is 0 Å². The molecule has 1 atom stereocenters. The summed E-state index contributed by atoms with van der Waals surface area (Å²) >= 11 is 0. The molecule has 1 aromatic rings. The van der Waals surface area contributed by atoms with Gasteiger partial charge in [0.2, 0.25) is 5.89 Å². The van der Waals surface area contributed by atoms with Crippen molar-refractivity contribution >= 4 is 0 Å². The van der Waals surface area contributed by atoms with E-state index >= 15 is 0 Å². The van der Waals surface area contributed by atoms with Crippen molar-refractivity contribution in [3.8, 4) is 0 Å². The Morgan fingerprint density at radius 2 is 2.18 bits per heavy atom. The lowest BCUT2D eigenvalue weighted by Crippen LogP contribution is -2.29. The van der Waals surface area contributed by atoms with E-state index in [0.29, 0.717) is 0 Å². The standard InChI is InChI=1S/C13H21N3O/c1-3-4-13(7-8-14-9-13)11-15-10(16-17-11)12(2)5-6-12/h14H,3-9H2,1-2H3. The van der Waals surface area contributed by atoms with Crippen LogP contribution in [0.3, 0.4) is 0 Å². The molecule has 1 aliphatic heterocycles. The Morgan fingerprint density at radius 3 is 2.76 bits per heavy atom. The summed E-state index contributed by atoms with van der Waals surface area (Å²) in [6.45, 7) is 6.49. The maximum atomic E-state index is 5.57. The lowest BCUT2D eigenvalue weighted by molar-refractivity contribution is 0.275. The average Bonchev–Trinajstić information content (AvgIpc) is 2.79. The molecule has 3 rings (SSSR count). The van der Waals surface area contributed by atoms with Crippen molar-refractivity contribution in [1.82, 2.24) is 15.5 Å². The average molecular weight is 235 g/mol.